The molecular weight excluding hydrogens is 411 g/mol. The summed E-state index contributed by atoms with van der Waals surface area (Å²) in [6.07, 6.45) is 4.91. The van der Waals surface area contributed by atoms with Crippen molar-refractivity contribution in [2.24, 2.45) is 0 Å². The molecule has 0 aromatic heterocycles. The van der Waals surface area contributed by atoms with E-state index in [1.807, 2.05) is 12.1 Å². The van der Waals surface area contributed by atoms with Gasteiger partial charge in [0.25, 0.3) is 0 Å². The Morgan fingerprint density at radius 3 is 2.22 bits per heavy atom. The van der Waals surface area contributed by atoms with Crippen LogP contribution in [0.25, 0.3) is 0 Å². The van der Waals surface area contributed by atoms with Crippen molar-refractivity contribution < 1.29 is 24.2 Å². The third-order valence-electron chi connectivity index (χ3n) is 5.50. The second kappa shape index (κ2) is 12.8. The van der Waals surface area contributed by atoms with E-state index in [4.69, 9.17) is 19.8 Å². The van der Waals surface area contributed by atoms with Gasteiger partial charge in [0, 0.05) is 18.8 Å². The fourth-order valence-corrected chi connectivity index (χ4v) is 4.03. The monoisotopic (exact) mass is 444 g/mol. The molecule has 0 saturated heterocycles. The molecule has 6 nitrogen and oxygen atoms in total. The first-order valence-corrected chi connectivity index (χ1v) is 11.1. The first-order chi connectivity index (χ1) is 15.3. The molecule has 2 aromatic carbocycles. The van der Waals surface area contributed by atoms with Crippen molar-refractivity contribution in [3.05, 3.63) is 65.0 Å². The number of hydrogen-bond donors (Lipinski definition) is 3. The van der Waals surface area contributed by atoms with E-state index in [9.17, 15) is 4.39 Å². The van der Waals surface area contributed by atoms with Gasteiger partial charge in [0.1, 0.15) is 5.82 Å². The minimum absolute atomic E-state index is 0.183. The Balaban J connectivity index is 0.000000534. The summed E-state index contributed by atoms with van der Waals surface area (Å²) in [6.45, 7) is 8.83. The molecule has 0 heterocycles. The average Bonchev–Trinajstić information content (AvgIpc) is 3.16. The highest BCUT2D eigenvalue weighted by Gasteiger charge is 2.24. The average molecular weight is 445 g/mol. The van der Waals surface area contributed by atoms with Crippen LogP contribution in [0.1, 0.15) is 55.7 Å². The zero-order chi connectivity index (χ0) is 23.5. The highest BCUT2D eigenvalue weighted by Crippen LogP contribution is 2.35. The first-order valence-electron chi connectivity index (χ1n) is 11.1. The summed E-state index contributed by atoms with van der Waals surface area (Å²) < 4.78 is 13.0. The standard InChI is InChI=1S/C23H31FN2.C2H2O4/c1-3-13-26(14-4-2)17-20-8-7-19-9-12-22(15-23(19)20)25-16-18-5-10-21(24)11-6-18;3-1(4)2(5)6/h5-6,9-12,15,20,25H,3-4,7-8,13-14,16-17H2,1-2H3;(H,3,4)(H,5,6). The molecule has 0 saturated carbocycles. The van der Waals surface area contributed by atoms with E-state index < -0.39 is 11.9 Å². The molecule has 0 amide bonds. The molecule has 32 heavy (non-hydrogen) atoms. The van der Waals surface area contributed by atoms with Crippen LogP contribution in [0.15, 0.2) is 42.5 Å². The van der Waals surface area contributed by atoms with Gasteiger partial charge in [-0.3, -0.25) is 0 Å². The van der Waals surface area contributed by atoms with E-state index in [1.54, 1.807) is 0 Å². The van der Waals surface area contributed by atoms with Gasteiger partial charge in [0.05, 0.1) is 0 Å². The lowest BCUT2D eigenvalue weighted by Gasteiger charge is -2.25. The van der Waals surface area contributed by atoms with Crippen LogP contribution >= 0.6 is 0 Å². The summed E-state index contributed by atoms with van der Waals surface area (Å²) >= 11 is 0. The topological polar surface area (TPSA) is 89.9 Å². The van der Waals surface area contributed by atoms with Crippen LogP contribution in [0.2, 0.25) is 0 Å². The van der Waals surface area contributed by atoms with Crippen molar-refractivity contribution in [1.82, 2.24) is 4.90 Å². The smallest absolute Gasteiger partial charge is 0.414 e. The zero-order valence-electron chi connectivity index (χ0n) is 18.8. The lowest BCUT2D eigenvalue weighted by atomic mass is 9.99. The van der Waals surface area contributed by atoms with Gasteiger partial charge in [0.2, 0.25) is 0 Å². The molecule has 174 valence electrons. The summed E-state index contributed by atoms with van der Waals surface area (Å²) in [5.74, 6) is -3.18. The summed E-state index contributed by atoms with van der Waals surface area (Å²) in [5.41, 5.74) is 5.29. The number of aryl methyl sites for hydroxylation is 1. The molecule has 3 rings (SSSR count). The maximum Gasteiger partial charge on any atom is 0.414 e. The third-order valence-corrected chi connectivity index (χ3v) is 5.50. The molecule has 0 aliphatic heterocycles. The van der Waals surface area contributed by atoms with Gasteiger partial charge in [-0.15, -0.1) is 0 Å². The molecule has 7 heteroatoms. The predicted molar refractivity (Wildman–Crippen MR) is 124 cm³/mol. The van der Waals surface area contributed by atoms with Gasteiger partial charge in [-0.2, -0.15) is 0 Å². The number of carboxylic acids is 2. The largest absolute Gasteiger partial charge is 0.473 e. The van der Waals surface area contributed by atoms with E-state index in [2.05, 4.69) is 42.3 Å². The first kappa shape index (κ1) is 25.3. The number of nitrogens with one attached hydrogen (secondary N) is 1. The maximum atomic E-state index is 13.0. The molecule has 1 atom stereocenters. The number of hydrogen-bond acceptors (Lipinski definition) is 4. The van der Waals surface area contributed by atoms with Crippen molar-refractivity contribution in [3.63, 3.8) is 0 Å². The van der Waals surface area contributed by atoms with Gasteiger partial charge in [-0.1, -0.05) is 32.0 Å². The SMILES string of the molecule is CCCN(CCC)CC1CCc2ccc(NCc3ccc(F)cc3)cc21.O=C(O)C(=O)O. The molecular formula is C25H33FN2O4. The Hall–Kier alpha value is -2.93. The van der Waals surface area contributed by atoms with Crippen LogP contribution in [-0.4, -0.2) is 46.7 Å². The van der Waals surface area contributed by atoms with E-state index in [-0.39, 0.29) is 5.82 Å². The molecule has 0 radical (unpaired) electrons. The van der Waals surface area contributed by atoms with Crippen LogP contribution in [0.4, 0.5) is 10.1 Å². The lowest BCUT2D eigenvalue weighted by Crippen LogP contribution is -2.29. The molecule has 0 spiro atoms. The van der Waals surface area contributed by atoms with Crippen molar-refractivity contribution in [1.29, 1.82) is 0 Å². The Morgan fingerprint density at radius 2 is 1.66 bits per heavy atom. The van der Waals surface area contributed by atoms with Gasteiger partial charge in [-0.05, 0) is 85.6 Å². The summed E-state index contributed by atoms with van der Waals surface area (Å²) in [5, 5.41) is 18.3. The number of carbonyl (C=O) groups is 2. The second-order valence-corrected chi connectivity index (χ2v) is 8.04. The molecule has 1 aliphatic rings. The second-order valence-electron chi connectivity index (χ2n) is 8.04. The van der Waals surface area contributed by atoms with Gasteiger partial charge < -0.3 is 20.4 Å². The maximum absolute atomic E-state index is 13.0. The highest BCUT2D eigenvalue weighted by atomic mass is 19.1. The van der Waals surface area contributed by atoms with E-state index >= 15 is 0 Å². The number of carboxylic acid groups (broad SMARTS) is 2. The van der Waals surface area contributed by atoms with Crippen LogP contribution in [0, 0.1) is 5.82 Å². The summed E-state index contributed by atoms with van der Waals surface area (Å²) in [4.78, 5) is 20.8. The molecule has 0 bridgehead atoms. The predicted octanol–water partition coefficient (Wildman–Crippen LogP) is 4.75. The van der Waals surface area contributed by atoms with Crippen LogP contribution in [0.3, 0.4) is 0 Å². The minimum Gasteiger partial charge on any atom is -0.473 e. The fraction of sp³-hybridized carbons (Fsp3) is 0.440. The van der Waals surface area contributed by atoms with Crippen LogP contribution < -0.4 is 5.32 Å². The van der Waals surface area contributed by atoms with Crippen molar-refractivity contribution in [3.8, 4) is 0 Å². The number of rotatable bonds is 9. The lowest BCUT2D eigenvalue weighted by molar-refractivity contribution is -0.159. The molecule has 1 aliphatic carbocycles. The molecule has 0 fully saturated rings. The van der Waals surface area contributed by atoms with Crippen LogP contribution in [-0.2, 0) is 22.6 Å². The summed E-state index contributed by atoms with van der Waals surface area (Å²) in [7, 11) is 0. The van der Waals surface area contributed by atoms with Crippen molar-refractivity contribution in [2.45, 2.75) is 52.0 Å². The van der Waals surface area contributed by atoms with Gasteiger partial charge >= 0.3 is 11.9 Å². The normalized spacial score (nSPS) is 14.4. The van der Waals surface area contributed by atoms with E-state index in [1.165, 1.54) is 68.6 Å². The fourth-order valence-electron chi connectivity index (χ4n) is 4.03. The molecule has 2 aromatic rings. The Bertz CT molecular complexity index is 868. The number of nitrogens with zero attached hydrogens (tertiary/aromatic N) is 1. The zero-order valence-corrected chi connectivity index (χ0v) is 18.8. The molecule has 1 unspecified atom stereocenters. The minimum atomic E-state index is -1.82. The number of benzene rings is 2. The van der Waals surface area contributed by atoms with E-state index in [0.29, 0.717) is 5.92 Å². The number of fused-ring (bicyclic) bond motifs is 1. The molecule has 3 N–H and O–H groups in total. The van der Waals surface area contributed by atoms with Crippen LogP contribution in [0.5, 0.6) is 0 Å². The van der Waals surface area contributed by atoms with Gasteiger partial charge in [-0.25, -0.2) is 14.0 Å². The highest BCUT2D eigenvalue weighted by molar-refractivity contribution is 6.27. The van der Waals surface area contributed by atoms with Gasteiger partial charge in [0.15, 0.2) is 0 Å². The van der Waals surface area contributed by atoms with E-state index in [0.717, 1.165) is 17.8 Å². The quantitative estimate of drug-likeness (QED) is 0.484. The Morgan fingerprint density at radius 1 is 1.03 bits per heavy atom. The number of anilines is 1. The third kappa shape index (κ3) is 7.96. The number of halogens is 1. The van der Waals surface area contributed by atoms with Crippen molar-refractivity contribution in [2.75, 3.05) is 25.0 Å². The van der Waals surface area contributed by atoms with Crippen molar-refractivity contribution >= 4 is 17.6 Å². The number of aliphatic carboxylic acids is 2. The summed E-state index contributed by atoms with van der Waals surface area (Å²) in [6, 6.07) is 13.5. The Kier molecular flexibility index (Phi) is 10.1. The Labute approximate surface area is 189 Å².